The molecule has 1 N–H and O–H groups in total. The monoisotopic (exact) mass is 389 g/mol. The Morgan fingerprint density at radius 1 is 1.07 bits per heavy atom. The van der Waals surface area contributed by atoms with Crippen LogP contribution in [0.1, 0.15) is 16.8 Å². The summed E-state index contributed by atoms with van der Waals surface area (Å²) in [5.74, 6) is -0.457. The van der Waals surface area contributed by atoms with Crippen LogP contribution in [0, 0.1) is 11.6 Å². The molecule has 8 heteroatoms. The lowest BCUT2D eigenvalue weighted by molar-refractivity contribution is 0.274. The summed E-state index contributed by atoms with van der Waals surface area (Å²) in [4.78, 5) is 26.8. The Morgan fingerprint density at radius 3 is 2.57 bits per heavy atom. The van der Waals surface area contributed by atoms with E-state index in [1.165, 1.54) is 12.1 Å². The smallest absolute Gasteiger partial charge is 0.255 e. The first-order valence-corrected chi connectivity index (χ1v) is 9.71. The number of nitrogens with zero attached hydrogens (tertiary/aromatic N) is 4. The van der Waals surface area contributed by atoms with Crippen LogP contribution in [0.5, 0.6) is 0 Å². The molecule has 1 saturated heterocycles. The Morgan fingerprint density at radius 2 is 1.82 bits per heavy atom. The van der Waals surface area contributed by atoms with E-state index in [9.17, 15) is 13.6 Å². The van der Waals surface area contributed by atoms with Gasteiger partial charge in [-0.1, -0.05) is 6.07 Å². The van der Waals surface area contributed by atoms with Crippen LogP contribution in [0.3, 0.4) is 0 Å². The summed E-state index contributed by atoms with van der Waals surface area (Å²) in [6.07, 6.45) is 1.21. The van der Waals surface area contributed by atoms with E-state index in [0.717, 1.165) is 43.5 Å². The Labute approximate surface area is 162 Å². The molecule has 0 amide bonds. The van der Waals surface area contributed by atoms with Crippen LogP contribution in [0.25, 0.3) is 0 Å². The number of piperazine rings is 1. The van der Waals surface area contributed by atoms with Crippen molar-refractivity contribution in [1.29, 1.82) is 0 Å². The van der Waals surface area contributed by atoms with Crippen molar-refractivity contribution >= 4 is 5.95 Å². The third-order valence-electron chi connectivity index (χ3n) is 5.64. The van der Waals surface area contributed by atoms with Gasteiger partial charge >= 0.3 is 0 Å². The zero-order valence-corrected chi connectivity index (χ0v) is 16.0. The minimum Gasteiger partial charge on any atom is -0.340 e. The number of fused-ring (bicyclic) bond motifs is 1. The van der Waals surface area contributed by atoms with Gasteiger partial charge in [0.25, 0.3) is 5.56 Å². The first-order chi connectivity index (χ1) is 13.5. The van der Waals surface area contributed by atoms with E-state index in [2.05, 4.69) is 26.7 Å². The van der Waals surface area contributed by atoms with E-state index in [0.29, 0.717) is 44.0 Å². The molecular formula is C20H25F2N5O. The Bertz CT molecular complexity index is 908. The summed E-state index contributed by atoms with van der Waals surface area (Å²) in [6, 6.07) is 3.68. The van der Waals surface area contributed by atoms with Crippen molar-refractivity contribution in [1.82, 2.24) is 19.8 Å². The number of rotatable bonds is 3. The van der Waals surface area contributed by atoms with Crippen LogP contribution in [0.15, 0.2) is 23.0 Å². The normalized spacial score (nSPS) is 18.8. The molecule has 0 spiro atoms. The number of hydrogen-bond acceptors (Lipinski definition) is 5. The number of halogens is 2. The number of hydrogen-bond donors (Lipinski definition) is 1. The fraction of sp³-hybridized carbons (Fsp3) is 0.500. The summed E-state index contributed by atoms with van der Waals surface area (Å²) in [6.45, 7) is 5.28. The average Bonchev–Trinajstić information content (AvgIpc) is 2.87. The largest absolute Gasteiger partial charge is 0.340 e. The van der Waals surface area contributed by atoms with E-state index in [-0.39, 0.29) is 5.56 Å². The van der Waals surface area contributed by atoms with Crippen LogP contribution in [-0.4, -0.2) is 66.1 Å². The highest BCUT2D eigenvalue weighted by molar-refractivity contribution is 5.35. The number of aromatic nitrogens is 2. The van der Waals surface area contributed by atoms with Crippen molar-refractivity contribution < 1.29 is 8.78 Å². The van der Waals surface area contributed by atoms with Crippen LogP contribution in [0.4, 0.5) is 14.7 Å². The van der Waals surface area contributed by atoms with Crippen LogP contribution in [-0.2, 0) is 19.4 Å². The topological polar surface area (TPSA) is 55.5 Å². The van der Waals surface area contributed by atoms with Crippen LogP contribution >= 0.6 is 0 Å². The van der Waals surface area contributed by atoms with Gasteiger partial charge in [-0.05, 0) is 19.5 Å². The molecule has 2 aliphatic rings. The number of aromatic amines is 1. The molecule has 0 radical (unpaired) electrons. The highest BCUT2D eigenvalue weighted by Gasteiger charge is 2.22. The summed E-state index contributed by atoms with van der Waals surface area (Å²) in [7, 11) is 2.09. The SMILES string of the molecule is CN1CCN(c2nc3c(c(=O)[nH]2)CCN(Cc2ccc(F)cc2F)CC3)CC1. The lowest BCUT2D eigenvalue weighted by Crippen LogP contribution is -2.45. The highest BCUT2D eigenvalue weighted by atomic mass is 19.1. The zero-order valence-electron chi connectivity index (χ0n) is 16.0. The van der Waals surface area contributed by atoms with Crippen molar-refractivity contribution in [2.45, 2.75) is 19.4 Å². The van der Waals surface area contributed by atoms with Gasteiger partial charge in [0.2, 0.25) is 5.95 Å². The predicted molar refractivity (Wildman–Crippen MR) is 104 cm³/mol. The first kappa shape index (κ1) is 19.0. The first-order valence-electron chi connectivity index (χ1n) is 9.71. The predicted octanol–water partition coefficient (Wildman–Crippen LogP) is 1.40. The molecule has 2 aliphatic heterocycles. The van der Waals surface area contributed by atoms with Gasteiger partial charge in [-0.2, -0.15) is 0 Å². The molecule has 1 aromatic carbocycles. The van der Waals surface area contributed by atoms with E-state index < -0.39 is 11.6 Å². The number of nitrogens with one attached hydrogen (secondary N) is 1. The molecule has 2 aromatic rings. The lowest BCUT2D eigenvalue weighted by Gasteiger charge is -2.32. The van der Waals surface area contributed by atoms with E-state index in [1.807, 2.05) is 0 Å². The molecule has 3 heterocycles. The van der Waals surface area contributed by atoms with Crippen molar-refractivity contribution in [2.75, 3.05) is 51.2 Å². The standard InChI is InChI=1S/C20H25F2N5O/c1-25-8-10-27(11-9-25)20-23-18-5-7-26(6-4-16(18)19(28)24-20)13-14-2-3-15(21)12-17(14)22/h2-3,12H,4-11,13H2,1H3,(H,23,24,28). The molecule has 150 valence electrons. The van der Waals surface area contributed by atoms with Gasteiger partial charge in [0.15, 0.2) is 0 Å². The van der Waals surface area contributed by atoms with Gasteiger partial charge in [-0.25, -0.2) is 13.8 Å². The van der Waals surface area contributed by atoms with Gasteiger partial charge in [0, 0.05) is 69.4 Å². The van der Waals surface area contributed by atoms with Crippen molar-refractivity contribution in [2.24, 2.45) is 0 Å². The molecule has 0 unspecified atom stereocenters. The molecule has 1 fully saturated rings. The highest BCUT2D eigenvalue weighted by Crippen LogP contribution is 2.18. The van der Waals surface area contributed by atoms with E-state index in [4.69, 9.17) is 4.98 Å². The summed E-state index contributed by atoms with van der Waals surface area (Å²) < 4.78 is 27.1. The summed E-state index contributed by atoms with van der Waals surface area (Å²) in [5, 5.41) is 0. The lowest BCUT2D eigenvalue weighted by atomic mass is 10.1. The van der Waals surface area contributed by atoms with Crippen molar-refractivity contribution in [3.05, 3.63) is 57.0 Å². The fourth-order valence-corrected chi connectivity index (χ4v) is 3.86. The Balaban J connectivity index is 1.49. The number of likely N-dealkylation sites (N-methyl/N-ethyl adjacent to an activating group) is 1. The molecule has 4 rings (SSSR count). The fourth-order valence-electron chi connectivity index (χ4n) is 3.86. The van der Waals surface area contributed by atoms with E-state index in [1.54, 1.807) is 0 Å². The minimum atomic E-state index is -0.573. The number of H-pyrrole nitrogens is 1. The molecule has 0 aliphatic carbocycles. The Kier molecular flexibility index (Phi) is 5.41. The van der Waals surface area contributed by atoms with Gasteiger partial charge in [0.1, 0.15) is 11.6 Å². The van der Waals surface area contributed by atoms with Crippen molar-refractivity contribution in [3.8, 4) is 0 Å². The molecule has 0 saturated carbocycles. The molecule has 0 atom stereocenters. The number of anilines is 1. The van der Waals surface area contributed by atoms with Gasteiger partial charge in [0.05, 0.1) is 5.69 Å². The average molecular weight is 389 g/mol. The van der Waals surface area contributed by atoms with Gasteiger partial charge < -0.3 is 9.80 Å². The van der Waals surface area contributed by atoms with Gasteiger partial charge in [-0.15, -0.1) is 0 Å². The molecule has 0 bridgehead atoms. The zero-order chi connectivity index (χ0) is 19.7. The second kappa shape index (κ2) is 7.97. The maximum atomic E-state index is 14.0. The quantitative estimate of drug-likeness (QED) is 0.860. The molecular weight excluding hydrogens is 364 g/mol. The minimum absolute atomic E-state index is 0.0752. The maximum absolute atomic E-state index is 14.0. The maximum Gasteiger partial charge on any atom is 0.255 e. The molecule has 1 aromatic heterocycles. The van der Waals surface area contributed by atoms with Gasteiger partial charge in [-0.3, -0.25) is 14.7 Å². The molecule has 6 nitrogen and oxygen atoms in total. The third-order valence-corrected chi connectivity index (χ3v) is 5.64. The van der Waals surface area contributed by atoms with E-state index >= 15 is 0 Å². The van der Waals surface area contributed by atoms with Crippen LogP contribution < -0.4 is 10.5 Å². The second-order valence-corrected chi connectivity index (χ2v) is 7.62. The van der Waals surface area contributed by atoms with Crippen molar-refractivity contribution in [3.63, 3.8) is 0 Å². The molecule has 28 heavy (non-hydrogen) atoms. The summed E-state index contributed by atoms with van der Waals surface area (Å²) in [5.41, 5.74) is 1.95. The Hall–Kier alpha value is -2.32. The van der Waals surface area contributed by atoms with Crippen LogP contribution in [0.2, 0.25) is 0 Å². The third kappa shape index (κ3) is 4.07. The second-order valence-electron chi connectivity index (χ2n) is 7.62. The number of benzene rings is 1. The summed E-state index contributed by atoms with van der Waals surface area (Å²) >= 11 is 0.